The molecule has 0 bridgehead atoms. The first-order chi connectivity index (χ1) is 14.5. The summed E-state index contributed by atoms with van der Waals surface area (Å²) >= 11 is 12.3. The summed E-state index contributed by atoms with van der Waals surface area (Å²) in [7, 11) is 1.86. The molecule has 0 unspecified atom stereocenters. The number of halogens is 2. The molecule has 0 saturated carbocycles. The van der Waals surface area contributed by atoms with Crippen molar-refractivity contribution < 1.29 is 0 Å². The maximum atomic E-state index is 12.8. The third-order valence-electron chi connectivity index (χ3n) is 4.76. The highest BCUT2D eigenvalue weighted by atomic mass is 35.5. The molecule has 4 rings (SSSR count). The zero-order valence-corrected chi connectivity index (χ0v) is 17.8. The van der Waals surface area contributed by atoms with E-state index in [0.717, 1.165) is 5.82 Å². The Morgan fingerprint density at radius 2 is 1.77 bits per heavy atom. The lowest BCUT2D eigenvalue weighted by molar-refractivity contribution is 0.703. The molecule has 0 aliphatic carbocycles. The first-order valence-corrected chi connectivity index (χ1v) is 10.1. The van der Waals surface area contributed by atoms with E-state index in [1.54, 1.807) is 36.7 Å². The molecule has 0 radical (unpaired) electrons. The second kappa shape index (κ2) is 8.73. The zero-order chi connectivity index (χ0) is 21.1. The molecule has 0 fully saturated rings. The van der Waals surface area contributed by atoms with Crippen molar-refractivity contribution in [2.24, 2.45) is 0 Å². The third-order valence-corrected chi connectivity index (χ3v) is 5.37. The summed E-state index contributed by atoms with van der Waals surface area (Å²) in [6.45, 7) is 1.19. The second-order valence-corrected chi connectivity index (χ2v) is 7.66. The summed E-state index contributed by atoms with van der Waals surface area (Å²) in [5, 5.41) is 4.97. The number of rotatable bonds is 6. The van der Waals surface area contributed by atoms with Crippen LogP contribution in [-0.2, 0) is 13.1 Å². The molecule has 0 amide bonds. The molecule has 0 atom stereocenters. The van der Waals surface area contributed by atoms with Crippen molar-refractivity contribution in [1.82, 2.24) is 19.3 Å². The maximum absolute atomic E-state index is 12.8. The van der Waals surface area contributed by atoms with Gasteiger partial charge in [0.2, 0.25) is 0 Å². The van der Waals surface area contributed by atoms with Gasteiger partial charge in [-0.25, -0.2) is 4.98 Å². The molecule has 2 aromatic carbocycles. The predicted molar refractivity (Wildman–Crippen MR) is 120 cm³/mol. The summed E-state index contributed by atoms with van der Waals surface area (Å²) in [6.07, 6.45) is 5.29. The Balaban J connectivity index is 1.57. The smallest absolute Gasteiger partial charge is 0.292 e. The minimum Gasteiger partial charge on any atom is -0.364 e. The molecule has 2 aromatic heterocycles. The highest BCUT2D eigenvalue weighted by Crippen LogP contribution is 2.22. The second-order valence-electron chi connectivity index (χ2n) is 6.85. The van der Waals surface area contributed by atoms with Crippen LogP contribution in [-0.4, -0.2) is 26.4 Å². The number of anilines is 1. The fourth-order valence-electron chi connectivity index (χ4n) is 3.17. The van der Waals surface area contributed by atoms with Crippen LogP contribution in [0.4, 0.5) is 5.69 Å². The van der Waals surface area contributed by atoms with E-state index in [4.69, 9.17) is 23.2 Å². The van der Waals surface area contributed by atoms with Crippen LogP contribution in [0.15, 0.2) is 78.0 Å². The summed E-state index contributed by atoms with van der Waals surface area (Å²) in [5.74, 6) is 0.860. The van der Waals surface area contributed by atoms with E-state index in [2.05, 4.69) is 26.8 Å². The minimum atomic E-state index is -0.393. The van der Waals surface area contributed by atoms with Gasteiger partial charge in [0.05, 0.1) is 24.1 Å². The van der Waals surface area contributed by atoms with Crippen molar-refractivity contribution in [3.8, 4) is 5.69 Å². The zero-order valence-electron chi connectivity index (χ0n) is 16.2. The van der Waals surface area contributed by atoms with Gasteiger partial charge in [-0.2, -0.15) is 9.78 Å². The summed E-state index contributed by atoms with van der Waals surface area (Å²) in [4.78, 5) is 19.1. The topological polar surface area (TPSA) is 56.0 Å². The van der Waals surface area contributed by atoms with Crippen LogP contribution >= 0.6 is 23.2 Å². The number of hydrogen-bond donors (Lipinski definition) is 0. The molecule has 30 heavy (non-hydrogen) atoms. The first-order valence-electron chi connectivity index (χ1n) is 9.32. The Kier molecular flexibility index (Phi) is 5.88. The lowest BCUT2D eigenvalue weighted by Crippen LogP contribution is -2.27. The number of hydrogen-bond acceptors (Lipinski definition) is 4. The van der Waals surface area contributed by atoms with E-state index in [1.165, 1.54) is 10.2 Å². The maximum Gasteiger partial charge on any atom is 0.292 e. The van der Waals surface area contributed by atoms with Crippen LogP contribution in [0.2, 0.25) is 10.0 Å². The van der Waals surface area contributed by atoms with Gasteiger partial charge < -0.3 is 9.47 Å². The molecule has 0 aliphatic heterocycles. The molecule has 6 nitrogen and oxygen atoms in total. The van der Waals surface area contributed by atoms with Gasteiger partial charge in [0.25, 0.3) is 5.56 Å². The number of benzene rings is 2. The number of imidazole rings is 1. The average molecular weight is 440 g/mol. The van der Waals surface area contributed by atoms with E-state index in [1.807, 2.05) is 36.3 Å². The van der Waals surface area contributed by atoms with Crippen LogP contribution in [0.5, 0.6) is 0 Å². The Labute approximate surface area is 183 Å². The van der Waals surface area contributed by atoms with Gasteiger partial charge in [-0.05, 0) is 29.8 Å². The Bertz CT molecular complexity index is 1200. The molecular formula is C22H19Cl2N5O. The monoisotopic (exact) mass is 439 g/mol. The number of nitrogens with zero attached hydrogens (tertiary/aromatic N) is 5. The molecule has 4 aromatic rings. The van der Waals surface area contributed by atoms with E-state index in [-0.39, 0.29) is 5.02 Å². The molecule has 0 aliphatic rings. The van der Waals surface area contributed by atoms with Crippen LogP contribution in [0.25, 0.3) is 5.69 Å². The van der Waals surface area contributed by atoms with E-state index < -0.39 is 5.56 Å². The van der Waals surface area contributed by atoms with Gasteiger partial charge in [-0.15, -0.1) is 0 Å². The van der Waals surface area contributed by atoms with Crippen LogP contribution in [0.3, 0.4) is 0 Å². The molecule has 8 heteroatoms. The van der Waals surface area contributed by atoms with E-state index in [9.17, 15) is 4.79 Å². The predicted octanol–water partition coefficient (Wildman–Crippen LogP) is 4.42. The lowest BCUT2D eigenvalue weighted by atomic mass is 10.2. The van der Waals surface area contributed by atoms with Crippen LogP contribution < -0.4 is 10.5 Å². The third kappa shape index (κ3) is 4.25. The Morgan fingerprint density at radius 3 is 2.50 bits per heavy atom. The van der Waals surface area contributed by atoms with Crippen molar-refractivity contribution in [2.75, 3.05) is 11.9 Å². The molecule has 0 spiro atoms. The SMILES string of the molecule is CN(Cc1nccn1Cc1ccccc1)c1cnn(-c2ccc(Cl)cc2)c(=O)c1Cl. The van der Waals surface area contributed by atoms with Crippen LogP contribution in [0, 0.1) is 0 Å². The van der Waals surface area contributed by atoms with Crippen molar-refractivity contribution in [2.45, 2.75) is 13.1 Å². The average Bonchev–Trinajstić information content (AvgIpc) is 3.18. The summed E-state index contributed by atoms with van der Waals surface area (Å²) in [5.41, 5.74) is 1.93. The normalized spacial score (nSPS) is 10.9. The van der Waals surface area contributed by atoms with E-state index >= 15 is 0 Å². The van der Waals surface area contributed by atoms with Gasteiger partial charge in [0, 0.05) is 31.0 Å². The van der Waals surface area contributed by atoms with Gasteiger partial charge in [-0.1, -0.05) is 53.5 Å². The van der Waals surface area contributed by atoms with E-state index in [0.29, 0.717) is 29.5 Å². The summed E-state index contributed by atoms with van der Waals surface area (Å²) in [6, 6.07) is 17.0. The molecule has 2 heterocycles. The Hall–Kier alpha value is -3.09. The van der Waals surface area contributed by atoms with Gasteiger partial charge in [0.15, 0.2) is 0 Å². The van der Waals surface area contributed by atoms with Crippen molar-refractivity contribution in [1.29, 1.82) is 0 Å². The molecule has 0 N–H and O–H groups in total. The quantitative estimate of drug-likeness (QED) is 0.446. The lowest BCUT2D eigenvalue weighted by Gasteiger charge is -2.21. The summed E-state index contributed by atoms with van der Waals surface area (Å²) < 4.78 is 3.33. The first kappa shape index (κ1) is 20.2. The molecular weight excluding hydrogens is 421 g/mol. The molecule has 152 valence electrons. The number of aromatic nitrogens is 4. The minimum absolute atomic E-state index is 0.101. The van der Waals surface area contributed by atoms with Gasteiger partial charge in [0.1, 0.15) is 10.8 Å². The van der Waals surface area contributed by atoms with Crippen molar-refractivity contribution in [3.05, 3.63) is 105 Å². The van der Waals surface area contributed by atoms with Gasteiger partial charge in [-0.3, -0.25) is 4.79 Å². The van der Waals surface area contributed by atoms with Crippen LogP contribution in [0.1, 0.15) is 11.4 Å². The van der Waals surface area contributed by atoms with Crippen molar-refractivity contribution in [3.63, 3.8) is 0 Å². The molecule has 0 saturated heterocycles. The standard InChI is InChI=1S/C22H19Cl2N5O/c1-27(15-20-25-11-12-28(20)14-16-5-3-2-4-6-16)19-13-26-29(22(30)21(19)24)18-9-7-17(23)8-10-18/h2-13H,14-15H2,1H3. The Morgan fingerprint density at radius 1 is 1.03 bits per heavy atom. The van der Waals surface area contributed by atoms with Gasteiger partial charge >= 0.3 is 0 Å². The van der Waals surface area contributed by atoms with Crippen molar-refractivity contribution >= 4 is 28.9 Å². The highest BCUT2D eigenvalue weighted by Gasteiger charge is 2.16. The fourth-order valence-corrected chi connectivity index (χ4v) is 3.57. The fraction of sp³-hybridized carbons (Fsp3) is 0.136. The largest absolute Gasteiger partial charge is 0.364 e. The highest BCUT2D eigenvalue weighted by molar-refractivity contribution is 6.33.